The predicted molar refractivity (Wildman–Crippen MR) is 77.2 cm³/mol. The average Bonchev–Trinajstić information content (AvgIpc) is 2.42. The molecule has 0 aromatic rings. The van der Waals surface area contributed by atoms with Gasteiger partial charge >= 0.3 is 0 Å². The third-order valence-corrected chi connectivity index (χ3v) is 4.74. The largest absolute Gasteiger partial charge is 0.373 e. The van der Waals surface area contributed by atoms with E-state index < -0.39 is 0 Å². The molecular weight excluding hydrogens is 240 g/mol. The summed E-state index contributed by atoms with van der Waals surface area (Å²) in [5.74, 6) is 0. The van der Waals surface area contributed by atoms with Gasteiger partial charge in [0, 0.05) is 19.6 Å². The summed E-state index contributed by atoms with van der Waals surface area (Å²) in [6.45, 7) is 16.2. The van der Waals surface area contributed by atoms with Crippen LogP contribution in [0.1, 0.15) is 48.0 Å². The van der Waals surface area contributed by atoms with Crippen LogP contribution in [-0.4, -0.2) is 53.5 Å². The molecule has 2 heterocycles. The third kappa shape index (κ3) is 2.56. The second-order valence-electron chi connectivity index (χ2n) is 7.81. The molecule has 1 atom stereocenters. The molecule has 0 radical (unpaired) electrons. The highest BCUT2D eigenvalue weighted by atomic mass is 16.5. The molecule has 19 heavy (non-hydrogen) atoms. The Kier molecular flexibility index (Phi) is 3.54. The minimum absolute atomic E-state index is 0.0997. The SMILES string of the molecule is CC1(C)CN(C2(CN)CC(C)(C)OC2(C)C)CCO1. The fourth-order valence-corrected chi connectivity index (χ4v) is 4.06. The zero-order valence-corrected chi connectivity index (χ0v) is 13.4. The normalized spacial score (nSPS) is 37.4. The van der Waals surface area contributed by atoms with Crippen LogP contribution in [0, 0.1) is 0 Å². The molecule has 4 nitrogen and oxygen atoms in total. The van der Waals surface area contributed by atoms with E-state index in [0.717, 1.165) is 26.1 Å². The van der Waals surface area contributed by atoms with Crippen LogP contribution in [0.4, 0.5) is 0 Å². The van der Waals surface area contributed by atoms with Crippen LogP contribution < -0.4 is 5.73 Å². The molecule has 2 N–H and O–H groups in total. The Morgan fingerprint density at radius 1 is 1.05 bits per heavy atom. The van der Waals surface area contributed by atoms with Gasteiger partial charge in [0.15, 0.2) is 0 Å². The third-order valence-electron chi connectivity index (χ3n) is 4.74. The quantitative estimate of drug-likeness (QED) is 0.831. The number of rotatable bonds is 2. The molecular formula is C15H30N2O2. The maximum atomic E-state index is 6.30. The summed E-state index contributed by atoms with van der Waals surface area (Å²) < 4.78 is 12.1. The van der Waals surface area contributed by atoms with E-state index in [1.807, 2.05) is 0 Å². The lowest BCUT2D eigenvalue weighted by atomic mass is 9.76. The van der Waals surface area contributed by atoms with E-state index in [-0.39, 0.29) is 22.3 Å². The van der Waals surface area contributed by atoms with E-state index in [1.165, 1.54) is 0 Å². The highest BCUT2D eigenvalue weighted by molar-refractivity contribution is 5.14. The first kappa shape index (κ1) is 15.2. The van der Waals surface area contributed by atoms with E-state index in [9.17, 15) is 0 Å². The van der Waals surface area contributed by atoms with Crippen molar-refractivity contribution in [1.82, 2.24) is 4.90 Å². The Hall–Kier alpha value is -0.160. The zero-order chi connectivity index (χ0) is 14.5. The second-order valence-corrected chi connectivity index (χ2v) is 7.81. The molecule has 0 aliphatic carbocycles. The maximum Gasteiger partial charge on any atom is 0.0830 e. The lowest BCUT2D eigenvalue weighted by molar-refractivity contribution is -0.150. The first-order valence-electron chi connectivity index (χ1n) is 7.33. The molecule has 2 saturated heterocycles. The summed E-state index contributed by atoms with van der Waals surface area (Å²) >= 11 is 0. The standard InChI is InChI=1S/C15H30N2O2/c1-12(2)9-15(10-16,14(5,6)19-12)17-7-8-18-13(3,4)11-17/h7-11,16H2,1-6H3. The molecule has 0 spiro atoms. The Bertz CT molecular complexity index is 352. The fourth-order valence-electron chi connectivity index (χ4n) is 4.06. The Morgan fingerprint density at radius 2 is 1.68 bits per heavy atom. The summed E-state index contributed by atoms with van der Waals surface area (Å²) in [5, 5.41) is 0. The van der Waals surface area contributed by atoms with E-state index in [4.69, 9.17) is 15.2 Å². The fraction of sp³-hybridized carbons (Fsp3) is 1.00. The number of hydrogen-bond donors (Lipinski definition) is 1. The van der Waals surface area contributed by atoms with Gasteiger partial charge < -0.3 is 15.2 Å². The van der Waals surface area contributed by atoms with Crippen LogP contribution in [0.2, 0.25) is 0 Å². The topological polar surface area (TPSA) is 47.7 Å². The molecule has 112 valence electrons. The van der Waals surface area contributed by atoms with Gasteiger partial charge in [-0.05, 0) is 48.0 Å². The van der Waals surface area contributed by atoms with Gasteiger partial charge in [0.1, 0.15) is 0 Å². The second kappa shape index (κ2) is 4.42. The Balaban J connectivity index is 2.32. The number of hydrogen-bond acceptors (Lipinski definition) is 4. The lowest BCUT2D eigenvalue weighted by Gasteiger charge is -2.52. The van der Waals surface area contributed by atoms with Gasteiger partial charge in [0.2, 0.25) is 0 Å². The Morgan fingerprint density at radius 3 is 2.11 bits per heavy atom. The van der Waals surface area contributed by atoms with E-state index in [1.54, 1.807) is 0 Å². The van der Waals surface area contributed by atoms with E-state index in [0.29, 0.717) is 6.54 Å². The van der Waals surface area contributed by atoms with Gasteiger partial charge in [-0.3, -0.25) is 4.90 Å². The molecule has 4 heteroatoms. The predicted octanol–water partition coefficient (Wildman–Crippen LogP) is 1.77. The summed E-state index contributed by atoms with van der Waals surface area (Å²) in [4.78, 5) is 2.51. The first-order valence-corrected chi connectivity index (χ1v) is 7.33. The van der Waals surface area contributed by atoms with Gasteiger partial charge in [-0.2, -0.15) is 0 Å². The first-order chi connectivity index (χ1) is 8.54. The van der Waals surface area contributed by atoms with Crippen molar-refractivity contribution in [3.05, 3.63) is 0 Å². The molecule has 0 aromatic carbocycles. The molecule has 2 aliphatic heterocycles. The summed E-state index contributed by atoms with van der Waals surface area (Å²) in [6, 6.07) is 0. The van der Waals surface area contributed by atoms with Crippen LogP contribution in [0.5, 0.6) is 0 Å². The van der Waals surface area contributed by atoms with Crippen LogP contribution in [0.3, 0.4) is 0 Å². The van der Waals surface area contributed by atoms with Crippen molar-refractivity contribution < 1.29 is 9.47 Å². The summed E-state index contributed by atoms with van der Waals surface area (Å²) in [7, 11) is 0. The maximum absolute atomic E-state index is 6.30. The van der Waals surface area contributed by atoms with E-state index >= 15 is 0 Å². The van der Waals surface area contributed by atoms with Gasteiger partial charge in [0.05, 0.1) is 28.9 Å². The number of morpholine rings is 1. The highest BCUT2D eigenvalue weighted by Gasteiger charge is 2.60. The van der Waals surface area contributed by atoms with Crippen molar-refractivity contribution in [1.29, 1.82) is 0 Å². The van der Waals surface area contributed by atoms with E-state index in [2.05, 4.69) is 46.4 Å². The van der Waals surface area contributed by atoms with Gasteiger partial charge in [-0.25, -0.2) is 0 Å². The smallest absolute Gasteiger partial charge is 0.0830 e. The molecule has 2 rings (SSSR count). The van der Waals surface area contributed by atoms with Crippen molar-refractivity contribution in [3.8, 4) is 0 Å². The molecule has 0 bridgehead atoms. The Labute approximate surface area is 117 Å². The monoisotopic (exact) mass is 270 g/mol. The summed E-state index contributed by atoms with van der Waals surface area (Å²) in [5.41, 5.74) is 5.66. The average molecular weight is 270 g/mol. The molecule has 1 unspecified atom stereocenters. The molecule has 2 fully saturated rings. The highest BCUT2D eigenvalue weighted by Crippen LogP contribution is 2.48. The van der Waals surface area contributed by atoms with Crippen molar-refractivity contribution in [2.75, 3.05) is 26.2 Å². The van der Waals surface area contributed by atoms with Crippen LogP contribution in [0.25, 0.3) is 0 Å². The number of ether oxygens (including phenoxy) is 2. The van der Waals surface area contributed by atoms with Gasteiger partial charge in [-0.1, -0.05) is 0 Å². The van der Waals surface area contributed by atoms with Gasteiger partial charge in [0.25, 0.3) is 0 Å². The van der Waals surface area contributed by atoms with Crippen molar-refractivity contribution in [2.45, 2.75) is 70.3 Å². The minimum atomic E-state index is -0.237. The van der Waals surface area contributed by atoms with Crippen molar-refractivity contribution in [2.24, 2.45) is 5.73 Å². The van der Waals surface area contributed by atoms with Crippen LogP contribution in [-0.2, 0) is 9.47 Å². The van der Waals surface area contributed by atoms with Crippen LogP contribution >= 0.6 is 0 Å². The number of nitrogens with zero attached hydrogens (tertiary/aromatic N) is 1. The minimum Gasteiger partial charge on any atom is -0.373 e. The molecule has 0 amide bonds. The zero-order valence-electron chi connectivity index (χ0n) is 13.4. The number of nitrogens with two attached hydrogens (primary N) is 1. The van der Waals surface area contributed by atoms with Crippen LogP contribution in [0.15, 0.2) is 0 Å². The summed E-state index contributed by atoms with van der Waals surface area (Å²) in [6.07, 6.45) is 0.972. The van der Waals surface area contributed by atoms with Crippen molar-refractivity contribution >= 4 is 0 Å². The molecule has 0 aromatic heterocycles. The molecule has 0 saturated carbocycles. The molecule has 2 aliphatic rings. The van der Waals surface area contributed by atoms with Gasteiger partial charge in [-0.15, -0.1) is 0 Å². The van der Waals surface area contributed by atoms with Crippen molar-refractivity contribution in [3.63, 3.8) is 0 Å². The lowest BCUT2D eigenvalue weighted by Crippen LogP contribution is -2.68.